The van der Waals surface area contributed by atoms with Gasteiger partial charge in [-0.15, -0.1) is 11.3 Å². The molecule has 17 heavy (non-hydrogen) atoms. The van der Waals surface area contributed by atoms with Gasteiger partial charge in [0.15, 0.2) is 0 Å². The van der Waals surface area contributed by atoms with E-state index in [1.54, 1.807) is 11.3 Å². The van der Waals surface area contributed by atoms with Gasteiger partial charge in [-0.1, -0.05) is 35.4 Å². The molecule has 90 valence electrons. The van der Waals surface area contributed by atoms with Crippen molar-refractivity contribution in [3.8, 4) is 10.6 Å². The number of nitrogens with two attached hydrogens (primary N) is 1. The van der Waals surface area contributed by atoms with Crippen molar-refractivity contribution in [3.05, 3.63) is 39.4 Å². The summed E-state index contributed by atoms with van der Waals surface area (Å²) >= 11 is 7.74. The maximum atomic E-state index is 6.10. The molecular formula is C13H15ClN2S. The summed E-state index contributed by atoms with van der Waals surface area (Å²) in [5.41, 5.74) is 9.20. The van der Waals surface area contributed by atoms with E-state index in [1.165, 1.54) is 11.1 Å². The SMILES string of the molecule is Cc1ccc(-c2nc(Cl)c(CCN)s2)c(C)c1. The molecule has 2 rings (SSSR count). The van der Waals surface area contributed by atoms with E-state index < -0.39 is 0 Å². The number of halogens is 1. The molecule has 0 saturated heterocycles. The Morgan fingerprint density at radius 1 is 1.35 bits per heavy atom. The Bertz CT molecular complexity index is 534. The number of hydrogen-bond acceptors (Lipinski definition) is 3. The molecule has 0 aliphatic carbocycles. The zero-order valence-electron chi connectivity index (χ0n) is 9.96. The molecule has 0 unspecified atom stereocenters. The van der Waals surface area contributed by atoms with Crippen LogP contribution in [0.3, 0.4) is 0 Å². The molecule has 1 heterocycles. The molecule has 0 atom stereocenters. The molecule has 1 aromatic heterocycles. The number of aryl methyl sites for hydroxylation is 2. The van der Waals surface area contributed by atoms with Gasteiger partial charge in [0, 0.05) is 10.4 Å². The fraction of sp³-hybridized carbons (Fsp3) is 0.308. The zero-order chi connectivity index (χ0) is 12.4. The van der Waals surface area contributed by atoms with Crippen LogP contribution in [0.25, 0.3) is 10.6 Å². The minimum atomic E-state index is 0.593. The lowest BCUT2D eigenvalue weighted by Crippen LogP contribution is -2.01. The number of nitrogens with zero attached hydrogens (tertiary/aromatic N) is 1. The molecule has 2 N–H and O–H groups in total. The quantitative estimate of drug-likeness (QED) is 0.922. The Balaban J connectivity index is 2.42. The second-order valence-electron chi connectivity index (χ2n) is 4.09. The Hall–Kier alpha value is -0.900. The average Bonchev–Trinajstić information content (AvgIpc) is 2.60. The molecule has 1 aromatic carbocycles. The summed E-state index contributed by atoms with van der Waals surface area (Å²) in [5, 5.41) is 1.58. The van der Waals surface area contributed by atoms with E-state index in [2.05, 4.69) is 37.0 Å². The minimum absolute atomic E-state index is 0.593. The van der Waals surface area contributed by atoms with Crippen LogP contribution in [0.4, 0.5) is 0 Å². The van der Waals surface area contributed by atoms with Gasteiger partial charge in [0.1, 0.15) is 10.2 Å². The lowest BCUT2D eigenvalue weighted by Gasteiger charge is -2.02. The van der Waals surface area contributed by atoms with E-state index in [4.69, 9.17) is 17.3 Å². The van der Waals surface area contributed by atoms with Crippen LogP contribution in [-0.4, -0.2) is 11.5 Å². The van der Waals surface area contributed by atoms with Gasteiger partial charge in [0.2, 0.25) is 0 Å². The summed E-state index contributed by atoms with van der Waals surface area (Å²) in [5.74, 6) is 0. The Morgan fingerprint density at radius 3 is 2.76 bits per heavy atom. The summed E-state index contributed by atoms with van der Waals surface area (Å²) in [6, 6.07) is 6.36. The van der Waals surface area contributed by atoms with Gasteiger partial charge in [-0.2, -0.15) is 0 Å². The largest absolute Gasteiger partial charge is 0.330 e. The fourth-order valence-corrected chi connectivity index (χ4v) is 3.19. The first-order chi connectivity index (χ1) is 8.11. The van der Waals surface area contributed by atoms with E-state index in [1.807, 2.05) is 0 Å². The lowest BCUT2D eigenvalue weighted by molar-refractivity contribution is 0.984. The third kappa shape index (κ3) is 2.68. The van der Waals surface area contributed by atoms with Crippen molar-refractivity contribution in [2.75, 3.05) is 6.54 Å². The third-order valence-electron chi connectivity index (χ3n) is 2.63. The van der Waals surface area contributed by atoms with Crippen LogP contribution in [0.5, 0.6) is 0 Å². The molecular weight excluding hydrogens is 252 g/mol. The molecule has 0 amide bonds. The summed E-state index contributed by atoms with van der Waals surface area (Å²) in [6.07, 6.45) is 0.793. The van der Waals surface area contributed by atoms with Crippen molar-refractivity contribution in [1.29, 1.82) is 0 Å². The summed E-state index contributed by atoms with van der Waals surface area (Å²) in [7, 11) is 0. The maximum Gasteiger partial charge on any atom is 0.143 e. The molecule has 4 heteroatoms. The number of thiazole rings is 1. The number of rotatable bonds is 3. The van der Waals surface area contributed by atoms with Crippen molar-refractivity contribution in [3.63, 3.8) is 0 Å². The monoisotopic (exact) mass is 266 g/mol. The van der Waals surface area contributed by atoms with Gasteiger partial charge in [-0.05, 0) is 32.4 Å². The van der Waals surface area contributed by atoms with Crippen LogP contribution in [-0.2, 0) is 6.42 Å². The van der Waals surface area contributed by atoms with Gasteiger partial charge >= 0.3 is 0 Å². The van der Waals surface area contributed by atoms with Crippen LogP contribution in [0, 0.1) is 13.8 Å². The van der Waals surface area contributed by atoms with Gasteiger partial charge in [-0.3, -0.25) is 0 Å². The number of aromatic nitrogens is 1. The Labute approximate surface area is 110 Å². The van der Waals surface area contributed by atoms with E-state index >= 15 is 0 Å². The molecule has 0 spiro atoms. The van der Waals surface area contributed by atoms with Crippen molar-refractivity contribution < 1.29 is 0 Å². The number of benzene rings is 1. The predicted octanol–water partition coefficient (Wildman–Crippen LogP) is 3.58. The van der Waals surface area contributed by atoms with Crippen molar-refractivity contribution in [2.45, 2.75) is 20.3 Å². The first-order valence-corrected chi connectivity index (χ1v) is 6.74. The second kappa shape index (κ2) is 5.17. The van der Waals surface area contributed by atoms with Gasteiger partial charge in [0.05, 0.1) is 0 Å². The van der Waals surface area contributed by atoms with Gasteiger partial charge in [0.25, 0.3) is 0 Å². The van der Waals surface area contributed by atoms with Crippen molar-refractivity contribution in [1.82, 2.24) is 4.98 Å². The Kier molecular flexibility index (Phi) is 3.82. The molecule has 0 aliphatic rings. The highest BCUT2D eigenvalue weighted by Crippen LogP contribution is 2.33. The van der Waals surface area contributed by atoms with Crippen molar-refractivity contribution in [2.24, 2.45) is 5.73 Å². The molecule has 2 nitrogen and oxygen atoms in total. The predicted molar refractivity (Wildman–Crippen MR) is 74.8 cm³/mol. The summed E-state index contributed by atoms with van der Waals surface area (Å²) < 4.78 is 0. The lowest BCUT2D eigenvalue weighted by atomic mass is 10.1. The molecule has 0 bridgehead atoms. The average molecular weight is 267 g/mol. The maximum absolute atomic E-state index is 6.10. The molecule has 0 aliphatic heterocycles. The van der Waals surface area contributed by atoms with E-state index in [9.17, 15) is 0 Å². The van der Waals surface area contributed by atoms with Crippen LogP contribution >= 0.6 is 22.9 Å². The van der Waals surface area contributed by atoms with Crippen LogP contribution in [0.2, 0.25) is 5.15 Å². The van der Waals surface area contributed by atoms with E-state index in [0.29, 0.717) is 11.7 Å². The van der Waals surface area contributed by atoms with Crippen LogP contribution < -0.4 is 5.73 Å². The summed E-state index contributed by atoms with van der Waals surface area (Å²) in [6.45, 7) is 4.79. The topological polar surface area (TPSA) is 38.9 Å². The molecule has 0 fully saturated rings. The highest BCUT2D eigenvalue weighted by molar-refractivity contribution is 7.15. The van der Waals surface area contributed by atoms with E-state index in [-0.39, 0.29) is 0 Å². The fourth-order valence-electron chi connectivity index (χ4n) is 1.79. The molecule has 0 saturated carbocycles. The minimum Gasteiger partial charge on any atom is -0.330 e. The van der Waals surface area contributed by atoms with Crippen LogP contribution in [0.15, 0.2) is 18.2 Å². The first kappa shape index (κ1) is 12.6. The molecule has 0 radical (unpaired) electrons. The smallest absolute Gasteiger partial charge is 0.143 e. The third-order valence-corrected chi connectivity index (χ3v) is 4.21. The van der Waals surface area contributed by atoms with Crippen LogP contribution in [0.1, 0.15) is 16.0 Å². The summed E-state index contributed by atoms with van der Waals surface area (Å²) in [4.78, 5) is 5.49. The number of hydrogen-bond donors (Lipinski definition) is 1. The van der Waals surface area contributed by atoms with Gasteiger partial charge < -0.3 is 5.73 Å². The highest BCUT2D eigenvalue weighted by atomic mass is 35.5. The van der Waals surface area contributed by atoms with Gasteiger partial charge in [-0.25, -0.2) is 4.98 Å². The standard InChI is InChI=1S/C13H15ClN2S/c1-8-3-4-10(9(2)7-8)13-16-12(14)11(17-13)5-6-15/h3-4,7H,5-6,15H2,1-2H3. The zero-order valence-corrected chi connectivity index (χ0v) is 11.5. The Morgan fingerprint density at radius 2 is 2.12 bits per heavy atom. The normalized spacial score (nSPS) is 10.8. The first-order valence-electron chi connectivity index (χ1n) is 5.54. The highest BCUT2D eigenvalue weighted by Gasteiger charge is 2.11. The van der Waals surface area contributed by atoms with E-state index in [0.717, 1.165) is 21.9 Å². The second-order valence-corrected chi connectivity index (χ2v) is 5.53. The molecule has 2 aromatic rings. The van der Waals surface area contributed by atoms with Crippen molar-refractivity contribution >= 4 is 22.9 Å².